The van der Waals surface area contributed by atoms with Crippen LogP contribution in [0.1, 0.15) is 64.3 Å². The molecule has 2 aromatic rings. The topological polar surface area (TPSA) is 77.1 Å². The van der Waals surface area contributed by atoms with Gasteiger partial charge in [-0.15, -0.1) is 0 Å². The summed E-state index contributed by atoms with van der Waals surface area (Å²) in [6, 6.07) is 6.40. The van der Waals surface area contributed by atoms with Crippen molar-refractivity contribution in [3.8, 4) is 5.75 Å². The average Bonchev–Trinajstić information content (AvgIpc) is 2.76. The molecule has 0 bridgehead atoms. The van der Waals surface area contributed by atoms with Gasteiger partial charge in [0.05, 0.1) is 13.2 Å². The zero-order chi connectivity index (χ0) is 27.5. The normalized spacial score (nSPS) is 15.7. The summed E-state index contributed by atoms with van der Waals surface area (Å²) in [6.07, 6.45) is -0.160. The number of anilines is 1. The molecule has 1 aliphatic rings. The summed E-state index contributed by atoms with van der Waals surface area (Å²) < 4.78 is 46.3. The van der Waals surface area contributed by atoms with Crippen LogP contribution in [0.2, 0.25) is 0 Å². The lowest BCUT2D eigenvalue weighted by atomic mass is 9.84. The lowest BCUT2D eigenvalue weighted by Crippen LogP contribution is -2.47. The molecule has 0 saturated heterocycles. The molecule has 1 heterocycles. The molecule has 202 valence electrons. The molecule has 0 aliphatic carbocycles. The Balaban J connectivity index is 1.97. The lowest BCUT2D eigenvalue weighted by molar-refractivity contribution is -0.122. The number of hydrogen-bond donors (Lipinski definition) is 1. The maximum Gasteiger partial charge on any atom is 0.411 e. The Morgan fingerprint density at radius 3 is 2.30 bits per heavy atom. The molecule has 2 aromatic carbocycles. The number of carbonyl (C=O) groups excluding carboxylic acids is 2. The SMILES string of the molecule is CCOc1ccc2c(c1)CCN(C(=O)OC(C)(C)C)C2C(=O)Nc1cc(F)c(C(C)(C)COC)c(F)c1. The molecule has 1 aliphatic heterocycles. The van der Waals surface area contributed by atoms with Crippen molar-refractivity contribution in [3.63, 3.8) is 0 Å². The van der Waals surface area contributed by atoms with Gasteiger partial charge in [0.2, 0.25) is 0 Å². The van der Waals surface area contributed by atoms with Crippen LogP contribution in [0.5, 0.6) is 5.75 Å². The van der Waals surface area contributed by atoms with Crippen molar-refractivity contribution in [2.24, 2.45) is 0 Å². The second-order valence-electron chi connectivity index (χ2n) is 10.7. The third-order valence-electron chi connectivity index (χ3n) is 6.02. The van der Waals surface area contributed by atoms with Gasteiger partial charge in [0.1, 0.15) is 29.0 Å². The molecule has 0 aromatic heterocycles. The van der Waals surface area contributed by atoms with E-state index in [1.54, 1.807) is 46.8 Å². The largest absolute Gasteiger partial charge is 0.494 e. The van der Waals surface area contributed by atoms with Crippen molar-refractivity contribution in [1.29, 1.82) is 0 Å². The standard InChI is InChI=1S/C28H36F2N2O5/c1-8-36-19-9-10-20-17(13-19)11-12-32(26(34)37-27(2,3)4)24(20)25(33)31-18-14-21(29)23(22(30)15-18)28(5,6)16-35-7/h9-10,13-15,24H,8,11-12,16H2,1-7H3,(H,31,33). The molecule has 9 heteroatoms. The van der Waals surface area contributed by atoms with E-state index in [1.807, 2.05) is 13.0 Å². The monoisotopic (exact) mass is 518 g/mol. The quantitative estimate of drug-likeness (QED) is 0.504. The van der Waals surface area contributed by atoms with E-state index >= 15 is 8.78 Å². The number of nitrogens with one attached hydrogen (secondary N) is 1. The zero-order valence-corrected chi connectivity index (χ0v) is 22.5. The van der Waals surface area contributed by atoms with E-state index in [2.05, 4.69) is 5.32 Å². The number of rotatable bonds is 7. The van der Waals surface area contributed by atoms with Crippen molar-refractivity contribution < 1.29 is 32.6 Å². The maximum absolute atomic E-state index is 15.0. The van der Waals surface area contributed by atoms with Crippen LogP contribution in [0, 0.1) is 11.6 Å². The Labute approximate surface area is 217 Å². The molecule has 7 nitrogen and oxygen atoms in total. The van der Waals surface area contributed by atoms with Crippen molar-refractivity contribution >= 4 is 17.7 Å². The maximum atomic E-state index is 15.0. The molecule has 2 amide bonds. The highest BCUT2D eigenvalue weighted by Gasteiger charge is 2.39. The van der Waals surface area contributed by atoms with Crippen molar-refractivity contribution in [2.75, 3.05) is 32.2 Å². The third kappa shape index (κ3) is 6.57. The molecule has 0 fully saturated rings. The second-order valence-corrected chi connectivity index (χ2v) is 10.7. The van der Waals surface area contributed by atoms with Gasteiger partial charge in [-0.3, -0.25) is 9.69 Å². The minimum Gasteiger partial charge on any atom is -0.494 e. The zero-order valence-electron chi connectivity index (χ0n) is 22.5. The number of carbonyl (C=O) groups is 2. The summed E-state index contributed by atoms with van der Waals surface area (Å²) >= 11 is 0. The fraction of sp³-hybridized carbons (Fsp3) is 0.500. The number of amides is 2. The van der Waals surface area contributed by atoms with E-state index < -0.39 is 40.7 Å². The summed E-state index contributed by atoms with van der Waals surface area (Å²) in [5.41, 5.74) is -0.432. The first-order chi connectivity index (χ1) is 17.3. The highest BCUT2D eigenvalue weighted by Crippen LogP contribution is 2.35. The number of fused-ring (bicyclic) bond motifs is 1. The van der Waals surface area contributed by atoms with Gasteiger partial charge < -0.3 is 19.5 Å². The fourth-order valence-corrected chi connectivity index (χ4v) is 4.60. The van der Waals surface area contributed by atoms with E-state index in [1.165, 1.54) is 12.0 Å². The Morgan fingerprint density at radius 2 is 1.73 bits per heavy atom. The molecule has 1 unspecified atom stereocenters. The molecule has 0 saturated carbocycles. The third-order valence-corrected chi connectivity index (χ3v) is 6.02. The number of ether oxygens (including phenoxy) is 3. The Kier molecular flexibility index (Phi) is 8.47. The molecular formula is C28H36F2N2O5. The molecular weight excluding hydrogens is 482 g/mol. The van der Waals surface area contributed by atoms with Gasteiger partial charge >= 0.3 is 6.09 Å². The summed E-state index contributed by atoms with van der Waals surface area (Å²) in [7, 11) is 1.46. The van der Waals surface area contributed by atoms with E-state index in [4.69, 9.17) is 14.2 Å². The summed E-state index contributed by atoms with van der Waals surface area (Å²) in [4.78, 5) is 28.0. The van der Waals surface area contributed by atoms with Crippen molar-refractivity contribution in [2.45, 2.75) is 65.0 Å². The van der Waals surface area contributed by atoms with Gasteiger partial charge in [-0.05, 0) is 69.5 Å². The van der Waals surface area contributed by atoms with E-state index in [0.717, 1.165) is 17.7 Å². The number of nitrogens with zero attached hydrogens (tertiary/aromatic N) is 1. The van der Waals surface area contributed by atoms with Gasteiger partial charge in [-0.1, -0.05) is 19.9 Å². The van der Waals surface area contributed by atoms with Crippen LogP contribution in [-0.4, -0.2) is 49.4 Å². The highest BCUT2D eigenvalue weighted by atomic mass is 19.1. The Bertz CT molecular complexity index is 1140. The predicted octanol–water partition coefficient (Wildman–Crippen LogP) is 5.76. The number of halogens is 2. The van der Waals surface area contributed by atoms with E-state index in [9.17, 15) is 9.59 Å². The minimum atomic E-state index is -1.06. The molecule has 0 spiro atoms. The first-order valence-corrected chi connectivity index (χ1v) is 12.3. The molecule has 1 atom stereocenters. The molecule has 3 rings (SSSR count). The highest BCUT2D eigenvalue weighted by molar-refractivity contribution is 5.98. The van der Waals surface area contributed by atoms with Crippen LogP contribution in [0.15, 0.2) is 30.3 Å². The van der Waals surface area contributed by atoms with Crippen LogP contribution in [0.3, 0.4) is 0 Å². The van der Waals surface area contributed by atoms with E-state index in [-0.39, 0.29) is 24.4 Å². The average molecular weight is 519 g/mol. The Morgan fingerprint density at radius 1 is 1.08 bits per heavy atom. The lowest BCUT2D eigenvalue weighted by Gasteiger charge is -2.37. The van der Waals surface area contributed by atoms with E-state index in [0.29, 0.717) is 24.3 Å². The van der Waals surface area contributed by atoms with Gasteiger partial charge in [0, 0.05) is 30.3 Å². The first kappa shape index (κ1) is 28.4. The fourth-order valence-electron chi connectivity index (χ4n) is 4.60. The van der Waals surface area contributed by atoms with Crippen LogP contribution in [-0.2, 0) is 26.1 Å². The smallest absolute Gasteiger partial charge is 0.411 e. The molecule has 1 N–H and O–H groups in total. The van der Waals surface area contributed by atoms with Gasteiger partial charge in [0.25, 0.3) is 5.91 Å². The second kappa shape index (κ2) is 11.0. The van der Waals surface area contributed by atoms with Gasteiger partial charge in [-0.25, -0.2) is 13.6 Å². The number of methoxy groups -OCH3 is 1. The number of hydrogen-bond acceptors (Lipinski definition) is 5. The number of benzene rings is 2. The predicted molar refractivity (Wildman–Crippen MR) is 137 cm³/mol. The van der Waals surface area contributed by atoms with Crippen LogP contribution < -0.4 is 10.1 Å². The van der Waals surface area contributed by atoms with Gasteiger partial charge in [0.15, 0.2) is 0 Å². The van der Waals surface area contributed by atoms with Crippen LogP contribution in [0.4, 0.5) is 19.3 Å². The van der Waals surface area contributed by atoms with Crippen LogP contribution >= 0.6 is 0 Å². The molecule has 0 radical (unpaired) electrons. The summed E-state index contributed by atoms with van der Waals surface area (Å²) in [6.45, 7) is 11.3. The molecule has 37 heavy (non-hydrogen) atoms. The summed E-state index contributed by atoms with van der Waals surface area (Å²) in [5, 5.41) is 2.60. The van der Waals surface area contributed by atoms with Crippen molar-refractivity contribution in [1.82, 2.24) is 4.90 Å². The summed E-state index contributed by atoms with van der Waals surface area (Å²) in [5.74, 6) is -1.55. The van der Waals surface area contributed by atoms with Crippen molar-refractivity contribution in [3.05, 3.63) is 58.7 Å². The Hall–Kier alpha value is -3.20. The van der Waals surface area contributed by atoms with Gasteiger partial charge in [-0.2, -0.15) is 0 Å². The first-order valence-electron chi connectivity index (χ1n) is 12.3. The van der Waals surface area contributed by atoms with Crippen LogP contribution in [0.25, 0.3) is 0 Å². The minimum absolute atomic E-state index is 0.0563.